The predicted molar refractivity (Wildman–Crippen MR) is 98.7 cm³/mol. The SMILES string of the molecule is O=C(CN1CCC(c2cccc(OS(=O)(=O)C(F)(F)F)c2)C1)Nc1ccccn1. The summed E-state index contributed by atoms with van der Waals surface area (Å²) in [4.78, 5) is 18.1. The molecule has 156 valence electrons. The van der Waals surface area contributed by atoms with Gasteiger partial charge in [-0.05, 0) is 48.7 Å². The van der Waals surface area contributed by atoms with E-state index >= 15 is 0 Å². The molecular formula is C18H18F3N3O4S. The molecule has 0 spiro atoms. The number of benzene rings is 1. The van der Waals surface area contributed by atoms with Gasteiger partial charge in [-0.15, -0.1) is 0 Å². The number of carbonyl (C=O) groups is 1. The number of amides is 1. The second kappa shape index (κ2) is 8.37. The van der Waals surface area contributed by atoms with Crippen molar-refractivity contribution in [3.05, 3.63) is 54.2 Å². The zero-order valence-corrected chi connectivity index (χ0v) is 15.9. The molecule has 1 aliphatic rings. The summed E-state index contributed by atoms with van der Waals surface area (Å²) in [6.07, 6.45) is 2.24. The molecular weight excluding hydrogens is 411 g/mol. The Kier molecular flexibility index (Phi) is 6.08. The average molecular weight is 429 g/mol. The van der Waals surface area contributed by atoms with Gasteiger partial charge in [0.1, 0.15) is 11.6 Å². The van der Waals surface area contributed by atoms with Gasteiger partial charge < -0.3 is 9.50 Å². The summed E-state index contributed by atoms with van der Waals surface area (Å²) >= 11 is 0. The maximum atomic E-state index is 12.5. The van der Waals surface area contributed by atoms with E-state index in [1.807, 2.05) is 4.90 Å². The summed E-state index contributed by atoms with van der Waals surface area (Å²) in [5, 5.41) is 2.69. The molecule has 1 saturated heterocycles. The summed E-state index contributed by atoms with van der Waals surface area (Å²) in [5.74, 6) is -0.234. The molecule has 1 amide bonds. The van der Waals surface area contributed by atoms with E-state index in [0.29, 0.717) is 30.9 Å². The summed E-state index contributed by atoms with van der Waals surface area (Å²) in [7, 11) is -5.72. The molecule has 3 rings (SSSR count). The molecule has 2 aromatic rings. The van der Waals surface area contributed by atoms with Crippen LogP contribution in [-0.4, -0.2) is 49.4 Å². The molecule has 1 atom stereocenters. The zero-order valence-electron chi connectivity index (χ0n) is 15.1. The van der Waals surface area contributed by atoms with Crippen molar-refractivity contribution in [2.75, 3.05) is 25.0 Å². The number of hydrogen-bond donors (Lipinski definition) is 1. The van der Waals surface area contributed by atoms with Crippen molar-refractivity contribution in [1.29, 1.82) is 0 Å². The van der Waals surface area contributed by atoms with E-state index in [0.717, 1.165) is 6.07 Å². The van der Waals surface area contributed by atoms with E-state index in [-0.39, 0.29) is 18.4 Å². The normalized spacial score (nSPS) is 17.8. The Hall–Kier alpha value is -2.66. The van der Waals surface area contributed by atoms with Gasteiger partial charge in [0.25, 0.3) is 0 Å². The first-order chi connectivity index (χ1) is 13.6. The highest BCUT2D eigenvalue weighted by atomic mass is 32.2. The lowest BCUT2D eigenvalue weighted by Gasteiger charge is -2.16. The zero-order chi connectivity index (χ0) is 21.1. The van der Waals surface area contributed by atoms with Crippen molar-refractivity contribution in [3.8, 4) is 5.75 Å². The number of alkyl halides is 3. The van der Waals surface area contributed by atoms with E-state index in [1.54, 1.807) is 30.5 Å². The van der Waals surface area contributed by atoms with Gasteiger partial charge in [0, 0.05) is 12.7 Å². The molecule has 1 aromatic carbocycles. The highest BCUT2D eigenvalue weighted by Crippen LogP contribution is 2.31. The molecule has 1 N–H and O–H groups in total. The molecule has 1 unspecified atom stereocenters. The maximum Gasteiger partial charge on any atom is 0.534 e. The van der Waals surface area contributed by atoms with Crippen LogP contribution in [0.4, 0.5) is 19.0 Å². The lowest BCUT2D eigenvalue weighted by molar-refractivity contribution is -0.117. The number of halogens is 3. The third kappa shape index (κ3) is 5.45. The van der Waals surface area contributed by atoms with Crippen molar-refractivity contribution in [2.24, 2.45) is 0 Å². The molecule has 0 bridgehead atoms. The smallest absolute Gasteiger partial charge is 0.376 e. The molecule has 0 radical (unpaired) electrons. The van der Waals surface area contributed by atoms with Gasteiger partial charge in [0.2, 0.25) is 5.91 Å². The van der Waals surface area contributed by atoms with Crippen molar-refractivity contribution in [2.45, 2.75) is 17.8 Å². The maximum absolute atomic E-state index is 12.5. The molecule has 0 aliphatic carbocycles. The van der Waals surface area contributed by atoms with Crippen molar-refractivity contribution in [3.63, 3.8) is 0 Å². The standard InChI is InChI=1S/C18H18F3N3O4S/c19-18(20,21)29(26,27)28-15-5-3-4-13(10-15)14-7-9-24(11-14)12-17(25)23-16-6-1-2-8-22-16/h1-6,8,10,14H,7,9,11-12H2,(H,22,23,25). The summed E-state index contributed by atoms with van der Waals surface area (Å²) in [5.41, 5.74) is -4.85. The van der Waals surface area contributed by atoms with Crippen molar-refractivity contribution < 1.29 is 30.6 Å². The quantitative estimate of drug-likeness (QED) is 0.561. The van der Waals surface area contributed by atoms with Gasteiger partial charge >= 0.3 is 15.6 Å². The number of aromatic nitrogens is 1. The van der Waals surface area contributed by atoms with Gasteiger partial charge in [0.05, 0.1) is 6.54 Å². The molecule has 1 aliphatic heterocycles. The van der Waals surface area contributed by atoms with Gasteiger partial charge in [-0.25, -0.2) is 4.98 Å². The first-order valence-electron chi connectivity index (χ1n) is 8.68. The highest BCUT2D eigenvalue weighted by Gasteiger charge is 2.48. The minimum Gasteiger partial charge on any atom is -0.376 e. The van der Waals surface area contributed by atoms with Crippen LogP contribution in [0.15, 0.2) is 48.7 Å². The molecule has 11 heteroatoms. The Labute approximate surface area is 165 Å². The number of nitrogens with zero attached hydrogens (tertiary/aromatic N) is 2. The molecule has 1 fully saturated rings. The first-order valence-corrected chi connectivity index (χ1v) is 10.1. The minimum atomic E-state index is -5.72. The van der Waals surface area contributed by atoms with Gasteiger partial charge in [0.15, 0.2) is 0 Å². The van der Waals surface area contributed by atoms with Crippen LogP contribution >= 0.6 is 0 Å². The minimum absolute atomic E-state index is 0.0604. The number of hydrogen-bond acceptors (Lipinski definition) is 6. The summed E-state index contributed by atoms with van der Waals surface area (Å²) < 4.78 is 64.0. The Bertz CT molecular complexity index is 968. The highest BCUT2D eigenvalue weighted by molar-refractivity contribution is 7.88. The Balaban J connectivity index is 1.59. The number of likely N-dealkylation sites (tertiary alicyclic amines) is 1. The Morgan fingerprint density at radius 1 is 1.24 bits per heavy atom. The van der Waals surface area contributed by atoms with Crippen LogP contribution in [0.3, 0.4) is 0 Å². The van der Waals surface area contributed by atoms with Crippen LogP contribution in [-0.2, 0) is 14.9 Å². The Morgan fingerprint density at radius 2 is 2.03 bits per heavy atom. The van der Waals surface area contributed by atoms with Crippen LogP contribution in [0, 0.1) is 0 Å². The Morgan fingerprint density at radius 3 is 2.72 bits per heavy atom. The van der Waals surface area contributed by atoms with E-state index in [4.69, 9.17) is 0 Å². The number of nitrogens with one attached hydrogen (secondary N) is 1. The lowest BCUT2D eigenvalue weighted by Crippen LogP contribution is -2.31. The molecule has 1 aromatic heterocycles. The predicted octanol–water partition coefficient (Wildman–Crippen LogP) is 2.74. The molecule has 7 nitrogen and oxygen atoms in total. The fourth-order valence-electron chi connectivity index (χ4n) is 3.06. The largest absolute Gasteiger partial charge is 0.534 e. The van der Waals surface area contributed by atoms with Crippen LogP contribution in [0.1, 0.15) is 17.9 Å². The monoisotopic (exact) mass is 429 g/mol. The summed E-state index contributed by atoms with van der Waals surface area (Å²) in [6.45, 7) is 1.27. The van der Waals surface area contributed by atoms with Crippen LogP contribution in [0.2, 0.25) is 0 Å². The number of anilines is 1. The number of rotatable bonds is 6. The summed E-state index contributed by atoms with van der Waals surface area (Å²) in [6, 6.07) is 10.7. The van der Waals surface area contributed by atoms with Crippen LogP contribution in [0.5, 0.6) is 5.75 Å². The average Bonchev–Trinajstić information content (AvgIpc) is 3.10. The lowest BCUT2D eigenvalue weighted by atomic mass is 9.98. The topological polar surface area (TPSA) is 88.6 Å². The van der Waals surface area contributed by atoms with Crippen LogP contribution < -0.4 is 9.50 Å². The van der Waals surface area contributed by atoms with E-state index in [2.05, 4.69) is 14.5 Å². The van der Waals surface area contributed by atoms with E-state index in [1.165, 1.54) is 12.1 Å². The molecule has 0 saturated carbocycles. The fourth-order valence-corrected chi connectivity index (χ4v) is 3.52. The third-order valence-electron chi connectivity index (χ3n) is 4.39. The van der Waals surface area contributed by atoms with E-state index in [9.17, 15) is 26.4 Å². The third-order valence-corrected chi connectivity index (χ3v) is 5.37. The molecule has 2 heterocycles. The van der Waals surface area contributed by atoms with Gasteiger partial charge in [-0.1, -0.05) is 18.2 Å². The number of carbonyl (C=O) groups excluding carboxylic acids is 1. The van der Waals surface area contributed by atoms with Gasteiger partial charge in [-0.3, -0.25) is 9.69 Å². The van der Waals surface area contributed by atoms with Crippen molar-refractivity contribution >= 4 is 21.8 Å². The first kappa shape index (κ1) is 21.1. The van der Waals surface area contributed by atoms with Gasteiger partial charge in [-0.2, -0.15) is 21.6 Å². The second-order valence-electron chi connectivity index (χ2n) is 6.54. The number of pyridine rings is 1. The molecule has 29 heavy (non-hydrogen) atoms. The van der Waals surface area contributed by atoms with E-state index < -0.39 is 21.4 Å². The van der Waals surface area contributed by atoms with Crippen molar-refractivity contribution in [1.82, 2.24) is 9.88 Å². The van der Waals surface area contributed by atoms with Crippen LogP contribution in [0.25, 0.3) is 0 Å². The fraction of sp³-hybridized carbons (Fsp3) is 0.333. The second-order valence-corrected chi connectivity index (χ2v) is 8.08.